The Bertz CT molecular complexity index is 186. The predicted molar refractivity (Wildman–Crippen MR) is 44.0 cm³/mol. The minimum atomic E-state index is 0.210. The summed E-state index contributed by atoms with van der Waals surface area (Å²) in [6, 6.07) is 0. The van der Waals surface area contributed by atoms with Gasteiger partial charge < -0.3 is 9.64 Å². The second-order valence-electron chi connectivity index (χ2n) is 3.95. The van der Waals surface area contributed by atoms with Crippen molar-refractivity contribution >= 4 is 0 Å². The minimum absolute atomic E-state index is 0.210. The highest BCUT2D eigenvalue weighted by Crippen LogP contribution is 2.31. The summed E-state index contributed by atoms with van der Waals surface area (Å²) in [5.41, 5.74) is 0.210. The Morgan fingerprint density at radius 3 is 3.09 bits per heavy atom. The first kappa shape index (κ1) is 7.17. The van der Waals surface area contributed by atoms with Crippen LogP contribution < -0.4 is 0 Å². The summed E-state index contributed by atoms with van der Waals surface area (Å²) in [5, 5.41) is 0. The van der Waals surface area contributed by atoms with Gasteiger partial charge in [0.15, 0.2) is 0 Å². The maximum atomic E-state index is 5.65. The molecule has 0 aliphatic carbocycles. The summed E-state index contributed by atoms with van der Waals surface area (Å²) in [5.74, 6) is 0. The van der Waals surface area contributed by atoms with Crippen LogP contribution in [0.4, 0.5) is 0 Å². The van der Waals surface area contributed by atoms with Crippen LogP contribution in [-0.2, 0) is 4.74 Å². The number of fused-ring (bicyclic) bond motifs is 1. The van der Waals surface area contributed by atoms with E-state index in [2.05, 4.69) is 31.0 Å². The first-order valence-electron chi connectivity index (χ1n) is 4.27. The fraction of sp³-hybridized carbons (Fsp3) is 0.778. The van der Waals surface area contributed by atoms with Crippen molar-refractivity contribution in [3.8, 4) is 0 Å². The van der Waals surface area contributed by atoms with Crippen LogP contribution >= 0.6 is 0 Å². The molecule has 0 N–H and O–H groups in total. The lowest BCUT2D eigenvalue weighted by molar-refractivity contribution is 0.0405. The van der Waals surface area contributed by atoms with Gasteiger partial charge in [0.25, 0.3) is 0 Å². The van der Waals surface area contributed by atoms with E-state index in [-0.39, 0.29) is 5.54 Å². The molecule has 0 aromatic rings. The summed E-state index contributed by atoms with van der Waals surface area (Å²) in [6.07, 6.45) is 7.08. The lowest BCUT2D eigenvalue weighted by Gasteiger charge is -2.34. The molecule has 1 atom stereocenters. The van der Waals surface area contributed by atoms with Crippen LogP contribution in [0.25, 0.3) is 0 Å². The average Bonchev–Trinajstić information content (AvgIpc) is 2.29. The first-order valence-corrected chi connectivity index (χ1v) is 4.27. The van der Waals surface area contributed by atoms with Crippen molar-refractivity contribution in [2.75, 3.05) is 6.61 Å². The van der Waals surface area contributed by atoms with Crippen molar-refractivity contribution < 1.29 is 4.74 Å². The smallest absolute Gasteiger partial charge is 0.130 e. The van der Waals surface area contributed by atoms with E-state index < -0.39 is 0 Å². The number of hydrogen-bond donors (Lipinski definition) is 0. The minimum Gasteiger partial charge on any atom is -0.356 e. The van der Waals surface area contributed by atoms with Gasteiger partial charge in [-0.05, 0) is 32.9 Å². The van der Waals surface area contributed by atoms with Gasteiger partial charge in [-0.3, -0.25) is 0 Å². The van der Waals surface area contributed by atoms with Crippen LogP contribution in [0.15, 0.2) is 12.3 Å². The molecule has 1 fully saturated rings. The average molecular weight is 153 g/mol. The van der Waals surface area contributed by atoms with E-state index in [1.807, 2.05) is 0 Å². The second kappa shape index (κ2) is 2.24. The van der Waals surface area contributed by atoms with E-state index >= 15 is 0 Å². The van der Waals surface area contributed by atoms with E-state index in [0.29, 0.717) is 6.23 Å². The third-order valence-electron chi connectivity index (χ3n) is 2.48. The quantitative estimate of drug-likeness (QED) is 0.525. The maximum Gasteiger partial charge on any atom is 0.130 e. The molecule has 11 heavy (non-hydrogen) atoms. The molecule has 2 heteroatoms. The Morgan fingerprint density at radius 2 is 2.36 bits per heavy atom. The van der Waals surface area contributed by atoms with Crippen LogP contribution in [0.1, 0.15) is 26.7 Å². The van der Waals surface area contributed by atoms with Gasteiger partial charge >= 0.3 is 0 Å². The SMILES string of the molecule is CC1(C)CO[C@@H]2CCC=CN21. The molecular formula is C9H15NO. The third kappa shape index (κ3) is 1.06. The second-order valence-corrected chi connectivity index (χ2v) is 3.95. The Hall–Kier alpha value is -0.500. The fourth-order valence-electron chi connectivity index (χ4n) is 1.79. The lowest BCUT2D eigenvalue weighted by Crippen LogP contribution is -2.41. The van der Waals surface area contributed by atoms with Crippen molar-refractivity contribution in [1.82, 2.24) is 4.90 Å². The van der Waals surface area contributed by atoms with Crippen LogP contribution in [0, 0.1) is 0 Å². The molecule has 0 saturated carbocycles. The zero-order valence-electron chi connectivity index (χ0n) is 7.21. The number of hydrogen-bond acceptors (Lipinski definition) is 2. The largest absolute Gasteiger partial charge is 0.356 e. The molecule has 0 aromatic carbocycles. The van der Waals surface area contributed by atoms with Crippen LogP contribution in [-0.4, -0.2) is 23.3 Å². The maximum absolute atomic E-state index is 5.65. The van der Waals surface area contributed by atoms with E-state index in [9.17, 15) is 0 Å². The summed E-state index contributed by atoms with van der Waals surface area (Å²) in [6.45, 7) is 5.31. The molecule has 0 aromatic heterocycles. The van der Waals surface area contributed by atoms with Crippen LogP contribution in [0.2, 0.25) is 0 Å². The van der Waals surface area contributed by atoms with Gasteiger partial charge in [-0.1, -0.05) is 6.08 Å². The van der Waals surface area contributed by atoms with E-state index in [1.54, 1.807) is 0 Å². The number of rotatable bonds is 0. The van der Waals surface area contributed by atoms with Gasteiger partial charge in [-0.2, -0.15) is 0 Å². The standard InChI is InChI=1S/C9H15NO/c1-9(2)7-11-8-5-3-4-6-10(8)9/h4,6,8H,3,5,7H2,1-2H3/t8-/m1/s1. The van der Waals surface area contributed by atoms with Crippen molar-refractivity contribution in [2.24, 2.45) is 0 Å². The fourth-order valence-corrected chi connectivity index (χ4v) is 1.79. The Balaban J connectivity index is 2.21. The molecule has 0 spiro atoms. The molecular weight excluding hydrogens is 138 g/mol. The number of ether oxygens (including phenoxy) is 1. The molecule has 62 valence electrons. The molecule has 0 radical (unpaired) electrons. The van der Waals surface area contributed by atoms with Gasteiger partial charge in [-0.15, -0.1) is 0 Å². The van der Waals surface area contributed by atoms with E-state index in [1.165, 1.54) is 0 Å². The van der Waals surface area contributed by atoms with Gasteiger partial charge in [0.2, 0.25) is 0 Å². The van der Waals surface area contributed by atoms with Gasteiger partial charge in [0, 0.05) is 0 Å². The molecule has 0 unspecified atom stereocenters. The molecule has 0 bridgehead atoms. The highest BCUT2D eigenvalue weighted by molar-refractivity contribution is 5.01. The monoisotopic (exact) mass is 153 g/mol. The molecule has 2 aliphatic rings. The Labute approximate surface area is 67.8 Å². The first-order chi connectivity index (χ1) is 5.20. The van der Waals surface area contributed by atoms with Crippen molar-refractivity contribution in [3.05, 3.63) is 12.3 Å². The molecule has 1 saturated heterocycles. The zero-order valence-corrected chi connectivity index (χ0v) is 7.21. The summed E-state index contributed by atoms with van der Waals surface area (Å²) < 4.78 is 5.65. The highest BCUT2D eigenvalue weighted by Gasteiger charge is 2.38. The van der Waals surface area contributed by atoms with Gasteiger partial charge in [-0.25, -0.2) is 0 Å². The van der Waals surface area contributed by atoms with Crippen molar-refractivity contribution in [2.45, 2.75) is 38.5 Å². The number of nitrogens with zero attached hydrogens (tertiary/aromatic N) is 1. The Kier molecular flexibility index (Phi) is 1.46. The number of allylic oxidation sites excluding steroid dienone is 1. The topological polar surface area (TPSA) is 12.5 Å². The molecule has 2 aliphatic heterocycles. The van der Waals surface area contributed by atoms with Crippen LogP contribution in [0.3, 0.4) is 0 Å². The molecule has 2 rings (SSSR count). The zero-order chi connectivity index (χ0) is 7.90. The molecule has 2 nitrogen and oxygen atoms in total. The van der Waals surface area contributed by atoms with E-state index in [4.69, 9.17) is 4.74 Å². The Morgan fingerprint density at radius 1 is 1.55 bits per heavy atom. The summed E-state index contributed by atoms with van der Waals surface area (Å²) in [4.78, 5) is 2.33. The molecule has 0 amide bonds. The van der Waals surface area contributed by atoms with Crippen molar-refractivity contribution in [3.63, 3.8) is 0 Å². The normalized spacial score (nSPS) is 34.0. The van der Waals surface area contributed by atoms with Gasteiger partial charge in [0.1, 0.15) is 6.23 Å². The highest BCUT2D eigenvalue weighted by atomic mass is 16.5. The summed E-state index contributed by atoms with van der Waals surface area (Å²) in [7, 11) is 0. The van der Waals surface area contributed by atoms with Gasteiger partial charge in [0.05, 0.1) is 12.1 Å². The lowest BCUT2D eigenvalue weighted by atomic mass is 10.0. The third-order valence-corrected chi connectivity index (χ3v) is 2.48. The molecule has 2 heterocycles. The summed E-state index contributed by atoms with van der Waals surface area (Å²) >= 11 is 0. The van der Waals surface area contributed by atoms with Crippen molar-refractivity contribution in [1.29, 1.82) is 0 Å². The predicted octanol–water partition coefficient (Wildman–Crippen LogP) is 1.73. The van der Waals surface area contributed by atoms with E-state index in [0.717, 1.165) is 19.4 Å². The van der Waals surface area contributed by atoms with Crippen LogP contribution in [0.5, 0.6) is 0 Å².